The van der Waals surface area contributed by atoms with Crippen LogP contribution in [0.2, 0.25) is 0 Å². The normalized spacial score (nSPS) is 13.5. The molecule has 1 atom stereocenters. The molecule has 0 bridgehead atoms. The molecule has 0 aliphatic carbocycles. The van der Waals surface area contributed by atoms with Crippen molar-refractivity contribution >= 4 is 23.3 Å². The Balaban J connectivity index is 1.93. The minimum atomic E-state index is -1.09. The van der Waals surface area contributed by atoms with E-state index in [-0.39, 0.29) is 12.5 Å². The SMILES string of the molecule is CC(O)(CNC(=O)/C=C/c1cccc(C#N)c1)c1ccsc1. The van der Waals surface area contributed by atoms with Crippen molar-refractivity contribution in [2.45, 2.75) is 12.5 Å². The van der Waals surface area contributed by atoms with Gasteiger partial charge in [0.25, 0.3) is 0 Å². The van der Waals surface area contributed by atoms with Gasteiger partial charge >= 0.3 is 0 Å². The summed E-state index contributed by atoms with van der Waals surface area (Å²) in [5.74, 6) is -0.294. The average Bonchev–Trinajstić information content (AvgIpc) is 3.06. The molecule has 2 aromatic rings. The van der Waals surface area contributed by atoms with Crippen molar-refractivity contribution in [3.8, 4) is 6.07 Å². The van der Waals surface area contributed by atoms with E-state index in [1.54, 1.807) is 31.2 Å². The van der Waals surface area contributed by atoms with E-state index in [1.165, 1.54) is 17.4 Å². The molecule has 1 amide bonds. The summed E-state index contributed by atoms with van der Waals surface area (Å²) in [6, 6.07) is 10.9. The van der Waals surface area contributed by atoms with Crippen LogP contribution in [0.25, 0.3) is 6.08 Å². The first-order valence-corrected chi connectivity index (χ1v) is 7.67. The highest BCUT2D eigenvalue weighted by molar-refractivity contribution is 7.08. The van der Waals surface area contributed by atoms with Crippen LogP contribution < -0.4 is 5.32 Å². The Bertz CT molecular complexity index is 713. The van der Waals surface area contributed by atoms with Crippen LogP contribution in [-0.4, -0.2) is 17.6 Å². The summed E-state index contributed by atoms with van der Waals surface area (Å²) in [4.78, 5) is 11.8. The topological polar surface area (TPSA) is 73.1 Å². The number of nitrogens with one attached hydrogen (secondary N) is 1. The molecule has 2 N–H and O–H groups in total. The molecule has 0 spiro atoms. The molecule has 2 rings (SSSR count). The predicted octanol–water partition coefficient (Wildman–Crippen LogP) is 2.66. The monoisotopic (exact) mass is 312 g/mol. The van der Waals surface area contributed by atoms with Gasteiger partial charge in [-0.2, -0.15) is 16.6 Å². The minimum Gasteiger partial charge on any atom is -0.384 e. The highest BCUT2D eigenvalue weighted by Crippen LogP contribution is 2.21. The van der Waals surface area contributed by atoms with E-state index in [2.05, 4.69) is 5.32 Å². The number of rotatable bonds is 5. The Morgan fingerprint density at radius 1 is 1.50 bits per heavy atom. The van der Waals surface area contributed by atoms with Crippen LogP contribution in [0.1, 0.15) is 23.6 Å². The number of nitrogens with zero attached hydrogens (tertiary/aromatic N) is 1. The highest BCUT2D eigenvalue weighted by atomic mass is 32.1. The molecular weight excluding hydrogens is 296 g/mol. The third-order valence-corrected chi connectivity index (χ3v) is 3.88. The van der Waals surface area contributed by atoms with Gasteiger partial charge in [0.05, 0.1) is 18.2 Å². The lowest BCUT2D eigenvalue weighted by Crippen LogP contribution is -2.37. The van der Waals surface area contributed by atoms with Crippen molar-refractivity contribution in [2.24, 2.45) is 0 Å². The third kappa shape index (κ3) is 4.29. The quantitative estimate of drug-likeness (QED) is 0.834. The molecule has 1 unspecified atom stereocenters. The Morgan fingerprint density at radius 2 is 2.32 bits per heavy atom. The summed E-state index contributed by atoms with van der Waals surface area (Å²) in [7, 11) is 0. The van der Waals surface area contributed by atoms with Crippen LogP contribution in [-0.2, 0) is 10.4 Å². The number of thiophene rings is 1. The summed E-state index contributed by atoms with van der Waals surface area (Å²) in [5, 5.41) is 25.5. The molecule has 112 valence electrons. The molecule has 1 aromatic heterocycles. The highest BCUT2D eigenvalue weighted by Gasteiger charge is 2.23. The number of aliphatic hydroxyl groups is 1. The second-order valence-corrected chi connectivity index (χ2v) is 5.85. The summed E-state index contributed by atoms with van der Waals surface area (Å²) < 4.78 is 0. The number of nitriles is 1. The molecule has 22 heavy (non-hydrogen) atoms. The average molecular weight is 312 g/mol. The van der Waals surface area contributed by atoms with Crippen molar-refractivity contribution < 1.29 is 9.90 Å². The molecule has 0 aliphatic heterocycles. The number of hydrogen-bond acceptors (Lipinski definition) is 4. The van der Waals surface area contributed by atoms with E-state index in [1.807, 2.05) is 29.0 Å². The van der Waals surface area contributed by atoms with E-state index < -0.39 is 5.60 Å². The van der Waals surface area contributed by atoms with E-state index in [4.69, 9.17) is 5.26 Å². The molecule has 0 saturated carbocycles. The largest absolute Gasteiger partial charge is 0.384 e. The predicted molar refractivity (Wildman–Crippen MR) is 87.1 cm³/mol. The number of hydrogen-bond donors (Lipinski definition) is 2. The van der Waals surface area contributed by atoms with Crippen LogP contribution in [0.4, 0.5) is 0 Å². The van der Waals surface area contributed by atoms with Gasteiger partial charge in [-0.1, -0.05) is 12.1 Å². The number of carbonyl (C=O) groups excluding carboxylic acids is 1. The second kappa shape index (κ2) is 7.03. The van der Waals surface area contributed by atoms with Gasteiger partial charge in [0.1, 0.15) is 5.60 Å². The summed E-state index contributed by atoms with van der Waals surface area (Å²) >= 11 is 1.50. The first-order chi connectivity index (χ1) is 10.5. The molecule has 0 fully saturated rings. The lowest BCUT2D eigenvalue weighted by atomic mass is 9.99. The first kappa shape index (κ1) is 16.0. The Morgan fingerprint density at radius 3 is 3.00 bits per heavy atom. The van der Waals surface area contributed by atoms with E-state index in [0.29, 0.717) is 5.56 Å². The molecule has 1 heterocycles. The zero-order valence-electron chi connectivity index (χ0n) is 12.1. The summed E-state index contributed by atoms with van der Waals surface area (Å²) in [6.45, 7) is 1.79. The maximum atomic E-state index is 11.8. The molecule has 0 saturated heterocycles. The molecule has 5 heteroatoms. The lowest BCUT2D eigenvalue weighted by molar-refractivity contribution is -0.117. The maximum absolute atomic E-state index is 11.8. The fraction of sp³-hybridized carbons (Fsp3) is 0.176. The van der Waals surface area contributed by atoms with Gasteiger partial charge in [-0.3, -0.25) is 4.79 Å². The Hall–Kier alpha value is -2.42. The molecule has 1 aromatic carbocycles. The fourth-order valence-electron chi connectivity index (χ4n) is 1.87. The van der Waals surface area contributed by atoms with Crippen molar-refractivity contribution in [2.75, 3.05) is 6.54 Å². The van der Waals surface area contributed by atoms with E-state index in [9.17, 15) is 9.90 Å². The van der Waals surface area contributed by atoms with Gasteiger partial charge in [-0.25, -0.2) is 0 Å². The number of benzene rings is 1. The van der Waals surface area contributed by atoms with Crippen molar-refractivity contribution in [1.82, 2.24) is 5.32 Å². The molecule has 4 nitrogen and oxygen atoms in total. The van der Waals surface area contributed by atoms with Crippen molar-refractivity contribution in [3.05, 3.63) is 63.9 Å². The minimum absolute atomic E-state index is 0.130. The maximum Gasteiger partial charge on any atom is 0.244 e. The molecular formula is C17H16N2O2S. The van der Waals surface area contributed by atoms with Gasteiger partial charge in [0.2, 0.25) is 5.91 Å². The number of amides is 1. The van der Waals surface area contributed by atoms with Gasteiger partial charge in [-0.15, -0.1) is 0 Å². The lowest BCUT2D eigenvalue weighted by Gasteiger charge is -2.22. The Labute approximate surface area is 133 Å². The second-order valence-electron chi connectivity index (χ2n) is 5.07. The zero-order valence-corrected chi connectivity index (χ0v) is 12.9. The molecule has 0 aliphatic rings. The van der Waals surface area contributed by atoms with Crippen LogP contribution in [0, 0.1) is 11.3 Å². The van der Waals surface area contributed by atoms with Gasteiger partial charge in [-0.05, 0) is 53.1 Å². The fourth-order valence-corrected chi connectivity index (χ4v) is 2.66. The van der Waals surface area contributed by atoms with E-state index in [0.717, 1.165) is 11.1 Å². The molecule has 0 radical (unpaired) electrons. The van der Waals surface area contributed by atoms with Gasteiger partial charge in [0, 0.05) is 6.08 Å². The van der Waals surface area contributed by atoms with Crippen LogP contribution in [0.3, 0.4) is 0 Å². The summed E-state index contributed by atoms with van der Waals surface area (Å²) in [6.07, 6.45) is 3.02. The van der Waals surface area contributed by atoms with Crippen LogP contribution in [0.15, 0.2) is 47.2 Å². The van der Waals surface area contributed by atoms with Gasteiger partial charge in [0.15, 0.2) is 0 Å². The zero-order chi connectivity index (χ0) is 16.0. The summed E-state index contributed by atoms with van der Waals surface area (Å²) in [5.41, 5.74) is 1.01. The first-order valence-electron chi connectivity index (χ1n) is 6.72. The Kier molecular flexibility index (Phi) is 5.10. The van der Waals surface area contributed by atoms with Crippen LogP contribution >= 0.6 is 11.3 Å². The van der Waals surface area contributed by atoms with Crippen molar-refractivity contribution in [1.29, 1.82) is 5.26 Å². The smallest absolute Gasteiger partial charge is 0.244 e. The van der Waals surface area contributed by atoms with E-state index >= 15 is 0 Å². The number of carbonyl (C=O) groups is 1. The standard InChI is InChI=1S/C17H16N2O2S/c1-17(21,15-7-8-22-11-15)12-19-16(20)6-5-13-3-2-4-14(9-13)10-18/h2-9,11,21H,12H2,1H3,(H,19,20)/b6-5+. The third-order valence-electron chi connectivity index (χ3n) is 3.19. The van der Waals surface area contributed by atoms with Crippen molar-refractivity contribution in [3.63, 3.8) is 0 Å². The van der Waals surface area contributed by atoms with Gasteiger partial charge < -0.3 is 10.4 Å². The van der Waals surface area contributed by atoms with Crippen LogP contribution in [0.5, 0.6) is 0 Å².